The zero-order valence-corrected chi connectivity index (χ0v) is 15.4. The van der Waals surface area contributed by atoms with E-state index in [1.807, 2.05) is 24.3 Å². The molecule has 0 bridgehead atoms. The minimum atomic E-state index is 0.198. The molecule has 134 valence electrons. The fourth-order valence-corrected chi connectivity index (χ4v) is 2.48. The van der Waals surface area contributed by atoms with Crippen molar-refractivity contribution in [3.05, 3.63) is 65.0 Å². The number of nitrogens with one attached hydrogen (secondary N) is 1. The Balaban J connectivity index is 1.64. The van der Waals surface area contributed by atoms with Crippen molar-refractivity contribution in [1.29, 1.82) is 0 Å². The molecule has 2 aromatic carbocycles. The molecule has 3 aromatic rings. The van der Waals surface area contributed by atoms with E-state index in [0.717, 1.165) is 11.3 Å². The van der Waals surface area contributed by atoms with Gasteiger partial charge in [-0.25, -0.2) is 4.99 Å². The first-order valence-corrected chi connectivity index (χ1v) is 8.64. The number of aliphatic imine (C=N–C) groups is 1. The van der Waals surface area contributed by atoms with E-state index in [1.165, 1.54) is 5.56 Å². The maximum Gasteiger partial charge on any atom is 0.248 e. The molecule has 0 saturated carbocycles. The van der Waals surface area contributed by atoms with Crippen molar-refractivity contribution in [2.45, 2.75) is 26.3 Å². The van der Waals surface area contributed by atoms with Gasteiger partial charge in [-0.05, 0) is 47.9 Å². The fourth-order valence-electron chi connectivity index (χ4n) is 2.35. The summed E-state index contributed by atoms with van der Waals surface area (Å²) < 4.78 is 5.22. The van der Waals surface area contributed by atoms with Crippen LogP contribution in [-0.4, -0.2) is 16.1 Å². The van der Waals surface area contributed by atoms with Gasteiger partial charge in [0.1, 0.15) is 6.54 Å². The van der Waals surface area contributed by atoms with Gasteiger partial charge >= 0.3 is 0 Å². The third-order valence-corrected chi connectivity index (χ3v) is 4.03. The van der Waals surface area contributed by atoms with Crippen LogP contribution in [-0.2, 0) is 6.54 Å². The maximum absolute atomic E-state index is 5.95. The van der Waals surface area contributed by atoms with Gasteiger partial charge in [0.15, 0.2) is 5.96 Å². The highest BCUT2D eigenvalue weighted by Gasteiger charge is 2.08. The standard InChI is InChI=1S/C19H20ClN5O/c1-12(2)14-4-3-5-16(10-14)23-19(21)22-11-17-24-18(25-26-17)13-6-8-15(20)9-7-13/h3-10,12H,11H2,1-2H3,(H3,21,22,23). The number of aromatic nitrogens is 2. The second-order valence-electron chi connectivity index (χ2n) is 6.13. The topological polar surface area (TPSA) is 89.3 Å². The summed E-state index contributed by atoms with van der Waals surface area (Å²) in [5.74, 6) is 1.61. The highest BCUT2D eigenvalue weighted by Crippen LogP contribution is 2.19. The van der Waals surface area contributed by atoms with Crippen LogP contribution in [0.15, 0.2) is 58.0 Å². The predicted octanol–water partition coefficient (Wildman–Crippen LogP) is 4.44. The monoisotopic (exact) mass is 369 g/mol. The minimum absolute atomic E-state index is 0.198. The Bertz CT molecular complexity index is 902. The second kappa shape index (κ2) is 8.01. The Morgan fingerprint density at radius 2 is 2.00 bits per heavy atom. The Kier molecular flexibility index (Phi) is 5.53. The van der Waals surface area contributed by atoms with Gasteiger partial charge in [0.2, 0.25) is 11.7 Å². The third kappa shape index (κ3) is 4.61. The molecule has 0 saturated heterocycles. The SMILES string of the molecule is CC(C)c1cccc(NC(N)=NCc2nc(-c3ccc(Cl)cc3)no2)c1. The highest BCUT2D eigenvalue weighted by atomic mass is 35.5. The van der Waals surface area contributed by atoms with E-state index in [0.29, 0.717) is 22.7 Å². The summed E-state index contributed by atoms with van der Waals surface area (Å²) in [5.41, 5.74) is 8.90. The molecule has 0 aliphatic carbocycles. The Hall–Kier alpha value is -2.86. The molecule has 0 unspecified atom stereocenters. The molecule has 1 heterocycles. The molecule has 1 aromatic heterocycles. The lowest BCUT2D eigenvalue weighted by Crippen LogP contribution is -2.22. The Morgan fingerprint density at radius 1 is 1.23 bits per heavy atom. The Morgan fingerprint density at radius 3 is 2.73 bits per heavy atom. The van der Waals surface area contributed by atoms with Gasteiger partial charge in [-0.15, -0.1) is 0 Å². The number of rotatable bonds is 5. The van der Waals surface area contributed by atoms with Gasteiger partial charge in [-0.2, -0.15) is 4.98 Å². The van der Waals surface area contributed by atoms with Crippen molar-refractivity contribution >= 4 is 23.2 Å². The molecule has 3 N–H and O–H groups in total. The van der Waals surface area contributed by atoms with Crippen LogP contribution >= 0.6 is 11.6 Å². The van der Waals surface area contributed by atoms with Crippen LogP contribution in [0.25, 0.3) is 11.4 Å². The molecular weight excluding hydrogens is 350 g/mol. The second-order valence-corrected chi connectivity index (χ2v) is 6.56. The number of nitrogens with two attached hydrogens (primary N) is 1. The van der Waals surface area contributed by atoms with Gasteiger partial charge in [-0.1, -0.05) is 42.7 Å². The maximum atomic E-state index is 5.95. The van der Waals surface area contributed by atoms with Crippen molar-refractivity contribution in [1.82, 2.24) is 10.1 Å². The lowest BCUT2D eigenvalue weighted by atomic mass is 10.0. The summed E-state index contributed by atoms with van der Waals surface area (Å²) in [5, 5.41) is 7.68. The number of benzene rings is 2. The molecule has 0 spiro atoms. The van der Waals surface area contributed by atoms with Crippen molar-refractivity contribution in [3.8, 4) is 11.4 Å². The molecule has 0 atom stereocenters. The van der Waals surface area contributed by atoms with E-state index in [-0.39, 0.29) is 12.5 Å². The lowest BCUT2D eigenvalue weighted by molar-refractivity contribution is 0.381. The predicted molar refractivity (Wildman–Crippen MR) is 104 cm³/mol. The van der Waals surface area contributed by atoms with E-state index < -0.39 is 0 Å². The molecule has 0 amide bonds. The van der Waals surface area contributed by atoms with E-state index in [2.05, 4.69) is 46.4 Å². The number of hydrogen-bond acceptors (Lipinski definition) is 4. The van der Waals surface area contributed by atoms with Crippen LogP contribution in [0.2, 0.25) is 5.02 Å². The van der Waals surface area contributed by atoms with E-state index in [4.69, 9.17) is 21.9 Å². The number of nitrogens with zero attached hydrogens (tertiary/aromatic N) is 3. The number of anilines is 1. The first-order chi connectivity index (χ1) is 12.5. The molecule has 0 radical (unpaired) electrons. The normalized spacial score (nSPS) is 11.8. The van der Waals surface area contributed by atoms with Crippen LogP contribution in [0.4, 0.5) is 5.69 Å². The third-order valence-electron chi connectivity index (χ3n) is 3.78. The Labute approximate surface area is 157 Å². The van der Waals surface area contributed by atoms with Crippen LogP contribution in [0, 0.1) is 0 Å². The largest absolute Gasteiger partial charge is 0.370 e. The average molecular weight is 370 g/mol. The van der Waals surface area contributed by atoms with E-state index >= 15 is 0 Å². The molecule has 7 heteroatoms. The first kappa shape index (κ1) is 17.9. The summed E-state index contributed by atoms with van der Waals surface area (Å²) in [6.07, 6.45) is 0. The summed E-state index contributed by atoms with van der Waals surface area (Å²) >= 11 is 5.88. The molecule has 0 fully saturated rings. The quantitative estimate of drug-likeness (QED) is 0.512. The zero-order chi connectivity index (χ0) is 18.5. The average Bonchev–Trinajstić information content (AvgIpc) is 3.10. The van der Waals surface area contributed by atoms with Gasteiger partial charge in [0.05, 0.1) is 0 Å². The van der Waals surface area contributed by atoms with Crippen LogP contribution < -0.4 is 11.1 Å². The summed E-state index contributed by atoms with van der Waals surface area (Å²) in [7, 11) is 0. The lowest BCUT2D eigenvalue weighted by Gasteiger charge is -2.09. The molecule has 3 rings (SSSR count). The van der Waals surface area contributed by atoms with Crippen LogP contribution in [0.5, 0.6) is 0 Å². The molecular formula is C19H20ClN5O. The number of guanidine groups is 1. The van der Waals surface area contributed by atoms with Gasteiger partial charge in [0, 0.05) is 16.3 Å². The summed E-state index contributed by atoms with van der Waals surface area (Å²) in [4.78, 5) is 8.57. The zero-order valence-electron chi connectivity index (χ0n) is 14.6. The molecule has 0 aliphatic rings. The van der Waals surface area contributed by atoms with E-state index in [9.17, 15) is 0 Å². The smallest absolute Gasteiger partial charge is 0.248 e. The van der Waals surface area contributed by atoms with Crippen molar-refractivity contribution in [2.75, 3.05) is 5.32 Å². The van der Waals surface area contributed by atoms with Crippen LogP contribution in [0.3, 0.4) is 0 Å². The first-order valence-electron chi connectivity index (χ1n) is 8.26. The summed E-state index contributed by atoms with van der Waals surface area (Å²) in [6, 6.07) is 15.3. The number of halogens is 1. The van der Waals surface area contributed by atoms with Gasteiger partial charge < -0.3 is 15.6 Å². The summed E-state index contributed by atoms with van der Waals surface area (Å²) in [6.45, 7) is 4.48. The van der Waals surface area contributed by atoms with Gasteiger partial charge in [0.25, 0.3) is 0 Å². The number of hydrogen-bond donors (Lipinski definition) is 2. The van der Waals surface area contributed by atoms with Crippen molar-refractivity contribution < 1.29 is 4.52 Å². The fraction of sp³-hybridized carbons (Fsp3) is 0.211. The minimum Gasteiger partial charge on any atom is -0.370 e. The molecule has 0 aliphatic heterocycles. The van der Waals surface area contributed by atoms with E-state index in [1.54, 1.807) is 12.1 Å². The molecule has 6 nitrogen and oxygen atoms in total. The van der Waals surface area contributed by atoms with Crippen molar-refractivity contribution in [2.24, 2.45) is 10.7 Å². The molecule has 26 heavy (non-hydrogen) atoms. The van der Waals surface area contributed by atoms with Gasteiger partial charge in [-0.3, -0.25) is 0 Å². The van der Waals surface area contributed by atoms with Crippen molar-refractivity contribution in [3.63, 3.8) is 0 Å². The van der Waals surface area contributed by atoms with Crippen LogP contribution in [0.1, 0.15) is 31.2 Å². The highest BCUT2D eigenvalue weighted by molar-refractivity contribution is 6.30.